The second-order valence-electron chi connectivity index (χ2n) is 4.32. The van der Waals surface area contributed by atoms with Crippen LogP contribution in [0.3, 0.4) is 0 Å². The number of benzene rings is 2. The molecule has 3 heteroatoms. The smallest absolute Gasteiger partial charge is 0.165 e. The summed E-state index contributed by atoms with van der Waals surface area (Å²) in [7, 11) is 1.89. The van der Waals surface area contributed by atoms with Crippen LogP contribution in [0.25, 0.3) is 0 Å². The summed E-state index contributed by atoms with van der Waals surface area (Å²) in [6, 6.07) is 13.2. The first-order chi connectivity index (χ1) is 9.22. The first kappa shape index (κ1) is 13.4. The van der Waals surface area contributed by atoms with Crippen LogP contribution in [0.1, 0.15) is 18.1 Å². The summed E-state index contributed by atoms with van der Waals surface area (Å²) in [4.78, 5) is 0. The van der Waals surface area contributed by atoms with Crippen LogP contribution < -0.4 is 10.1 Å². The molecule has 0 unspecified atom stereocenters. The lowest BCUT2D eigenvalue weighted by Crippen LogP contribution is -1.96. The van der Waals surface area contributed by atoms with Crippen molar-refractivity contribution in [1.29, 1.82) is 0 Å². The number of ether oxygens (including phenoxy) is 1. The SMILES string of the molecule is CCOc1ccc(Cc2ccc(NC)cc2)cc1F. The molecule has 1 N–H and O–H groups in total. The molecule has 0 atom stereocenters. The minimum absolute atomic E-state index is 0.300. The van der Waals surface area contributed by atoms with Crippen molar-refractivity contribution in [2.75, 3.05) is 19.0 Å². The molecule has 2 aromatic rings. The lowest BCUT2D eigenvalue weighted by molar-refractivity contribution is 0.321. The predicted octanol–water partition coefficient (Wildman–Crippen LogP) is 3.86. The fourth-order valence-electron chi connectivity index (χ4n) is 1.95. The van der Waals surface area contributed by atoms with Gasteiger partial charge >= 0.3 is 0 Å². The van der Waals surface area contributed by atoms with E-state index in [1.54, 1.807) is 6.07 Å². The maximum atomic E-state index is 13.7. The van der Waals surface area contributed by atoms with Gasteiger partial charge < -0.3 is 10.1 Å². The summed E-state index contributed by atoms with van der Waals surface area (Å²) in [5, 5.41) is 3.07. The van der Waals surface area contributed by atoms with Crippen LogP contribution in [0.15, 0.2) is 42.5 Å². The van der Waals surface area contributed by atoms with Gasteiger partial charge in [-0.2, -0.15) is 0 Å². The highest BCUT2D eigenvalue weighted by atomic mass is 19.1. The third-order valence-corrected chi connectivity index (χ3v) is 2.95. The topological polar surface area (TPSA) is 21.3 Å². The van der Waals surface area contributed by atoms with Crippen molar-refractivity contribution in [3.05, 3.63) is 59.4 Å². The Morgan fingerprint density at radius 2 is 1.74 bits per heavy atom. The van der Waals surface area contributed by atoms with Gasteiger partial charge in [0.25, 0.3) is 0 Å². The van der Waals surface area contributed by atoms with Crippen molar-refractivity contribution in [3.8, 4) is 5.75 Å². The van der Waals surface area contributed by atoms with Gasteiger partial charge in [-0.1, -0.05) is 18.2 Å². The normalized spacial score (nSPS) is 10.3. The molecule has 0 heterocycles. The van der Waals surface area contributed by atoms with Crippen LogP contribution >= 0.6 is 0 Å². The standard InChI is InChI=1S/C16H18FNO/c1-3-19-16-9-6-13(11-15(16)17)10-12-4-7-14(18-2)8-5-12/h4-9,11,18H,3,10H2,1-2H3. The fourth-order valence-corrected chi connectivity index (χ4v) is 1.95. The van der Waals surface area contributed by atoms with Crippen LogP contribution in [0.4, 0.5) is 10.1 Å². The van der Waals surface area contributed by atoms with Gasteiger partial charge in [0.1, 0.15) is 0 Å². The zero-order valence-electron chi connectivity index (χ0n) is 11.2. The molecule has 0 radical (unpaired) electrons. The molecular weight excluding hydrogens is 241 g/mol. The molecular formula is C16H18FNO. The Labute approximate surface area is 113 Å². The lowest BCUT2D eigenvalue weighted by atomic mass is 10.0. The third kappa shape index (κ3) is 3.47. The predicted molar refractivity (Wildman–Crippen MR) is 76.4 cm³/mol. The summed E-state index contributed by atoms with van der Waals surface area (Å²) >= 11 is 0. The maximum absolute atomic E-state index is 13.7. The largest absolute Gasteiger partial charge is 0.491 e. The zero-order chi connectivity index (χ0) is 13.7. The van der Waals surface area contributed by atoms with Gasteiger partial charge in [-0.25, -0.2) is 4.39 Å². The van der Waals surface area contributed by atoms with E-state index >= 15 is 0 Å². The molecule has 0 aliphatic carbocycles. The first-order valence-electron chi connectivity index (χ1n) is 6.41. The zero-order valence-corrected chi connectivity index (χ0v) is 11.2. The minimum Gasteiger partial charge on any atom is -0.491 e. The average molecular weight is 259 g/mol. The molecule has 0 aromatic heterocycles. The van der Waals surface area contributed by atoms with Crippen molar-refractivity contribution >= 4 is 5.69 Å². The van der Waals surface area contributed by atoms with Crippen molar-refractivity contribution in [2.24, 2.45) is 0 Å². The van der Waals surface area contributed by atoms with E-state index in [2.05, 4.69) is 5.32 Å². The van der Waals surface area contributed by atoms with E-state index in [0.717, 1.165) is 16.8 Å². The van der Waals surface area contributed by atoms with E-state index < -0.39 is 0 Å². The highest BCUT2D eigenvalue weighted by Gasteiger charge is 2.05. The monoisotopic (exact) mass is 259 g/mol. The quantitative estimate of drug-likeness (QED) is 0.880. The number of rotatable bonds is 5. The van der Waals surface area contributed by atoms with Crippen molar-refractivity contribution in [1.82, 2.24) is 0 Å². The Kier molecular flexibility index (Phi) is 4.39. The molecule has 0 fully saturated rings. The molecule has 2 rings (SSSR count). The molecule has 0 bridgehead atoms. The second kappa shape index (κ2) is 6.23. The number of anilines is 1. The molecule has 0 amide bonds. The van der Waals surface area contributed by atoms with E-state index in [-0.39, 0.29) is 5.82 Å². The van der Waals surface area contributed by atoms with Gasteiger partial charge in [-0.3, -0.25) is 0 Å². The first-order valence-corrected chi connectivity index (χ1v) is 6.41. The molecule has 100 valence electrons. The molecule has 19 heavy (non-hydrogen) atoms. The summed E-state index contributed by atoms with van der Waals surface area (Å²) in [6.45, 7) is 2.32. The Balaban J connectivity index is 2.11. The van der Waals surface area contributed by atoms with Gasteiger partial charge in [0.2, 0.25) is 0 Å². The van der Waals surface area contributed by atoms with E-state index in [1.807, 2.05) is 44.3 Å². The molecule has 0 saturated carbocycles. The Morgan fingerprint density at radius 3 is 2.32 bits per heavy atom. The average Bonchev–Trinajstić information content (AvgIpc) is 2.43. The van der Waals surface area contributed by atoms with Gasteiger partial charge in [0, 0.05) is 12.7 Å². The molecule has 0 spiro atoms. The lowest BCUT2D eigenvalue weighted by Gasteiger charge is -2.07. The van der Waals surface area contributed by atoms with Crippen LogP contribution in [-0.2, 0) is 6.42 Å². The van der Waals surface area contributed by atoms with Gasteiger partial charge in [0.15, 0.2) is 11.6 Å². The van der Waals surface area contributed by atoms with Crippen molar-refractivity contribution in [2.45, 2.75) is 13.3 Å². The summed E-state index contributed by atoms with van der Waals surface area (Å²) in [5.74, 6) is 0.0166. The number of nitrogens with one attached hydrogen (secondary N) is 1. The molecule has 2 nitrogen and oxygen atoms in total. The second-order valence-corrected chi connectivity index (χ2v) is 4.32. The highest BCUT2D eigenvalue weighted by molar-refractivity contribution is 5.44. The number of hydrogen-bond acceptors (Lipinski definition) is 2. The van der Waals surface area contributed by atoms with Gasteiger partial charge in [-0.15, -0.1) is 0 Å². The third-order valence-electron chi connectivity index (χ3n) is 2.95. The summed E-state index contributed by atoms with van der Waals surface area (Å²) < 4.78 is 18.9. The molecule has 0 aliphatic rings. The Morgan fingerprint density at radius 1 is 1.05 bits per heavy atom. The summed E-state index contributed by atoms with van der Waals surface area (Å²) in [5.41, 5.74) is 3.17. The Hall–Kier alpha value is -2.03. The van der Waals surface area contributed by atoms with E-state index in [9.17, 15) is 4.39 Å². The van der Waals surface area contributed by atoms with E-state index in [0.29, 0.717) is 18.8 Å². The highest BCUT2D eigenvalue weighted by Crippen LogP contribution is 2.20. The summed E-state index contributed by atoms with van der Waals surface area (Å²) in [6.07, 6.45) is 0.716. The van der Waals surface area contributed by atoms with Crippen LogP contribution in [-0.4, -0.2) is 13.7 Å². The fraction of sp³-hybridized carbons (Fsp3) is 0.250. The van der Waals surface area contributed by atoms with Gasteiger partial charge in [-0.05, 0) is 48.7 Å². The number of halogens is 1. The minimum atomic E-state index is -0.300. The van der Waals surface area contributed by atoms with Crippen LogP contribution in [0.2, 0.25) is 0 Å². The number of hydrogen-bond donors (Lipinski definition) is 1. The molecule has 0 saturated heterocycles. The van der Waals surface area contributed by atoms with Crippen LogP contribution in [0, 0.1) is 5.82 Å². The van der Waals surface area contributed by atoms with Crippen molar-refractivity contribution in [3.63, 3.8) is 0 Å². The maximum Gasteiger partial charge on any atom is 0.165 e. The Bertz CT molecular complexity index is 537. The molecule has 0 aliphatic heterocycles. The molecule has 2 aromatic carbocycles. The van der Waals surface area contributed by atoms with Gasteiger partial charge in [0.05, 0.1) is 6.61 Å². The van der Waals surface area contributed by atoms with Crippen LogP contribution in [0.5, 0.6) is 5.75 Å². The van der Waals surface area contributed by atoms with E-state index in [4.69, 9.17) is 4.74 Å². The van der Waals surface area contributed by atoms with Crippen molar-refractivity contribution < 1.29 is 9.13 Å². The van der Waals surface area contributed by atoms with E-state index in [1.165, 1.54) is 6.07 Å².